The Morgan fingerprint density at radius 3 is 2.30 bits per heavy atom. The maximum Gasteiger partial charge on any atom is 0.305 e. The second kappa shape index (κ2) is 7.52. The van der Waals surface area contributed by atoms with E-state index in [9.17, 15) is 9.59 Å². The summed E-state index contributed by atoms with van der Waals surface area (Å²) in [4.78, 5) is 28.3. The van der Waals surface area contributed by atoms with Crippen molar-refractivity contribution in [3.05, 3.63) is 69.0 Å². The number of carbonyl (C=O) groups excluding carboxylic acids is 2. The standard InChI is InChI=1S/C18H13N5O2S2/c24-17(13-7-3-9-26-13)22-20-15-11-5-1-2-6-12(11)16(19-15)21-23-18(25)14-8-4-10-27-14/h1-10,19-20H,(H,22,24). The van der Waals surface area contributed by atoms with Gasteiger partial charge in [0.25, 0.3) is 5.91 Å². The van der Waals surface area contributed by atoms with Gasteiger partial charge in [-0.1, -0.05) is 36.4 Å². The van der Waals surface area contributed by atoms with Gasteiger partial charge in [-0.05, 0) is 22.9 Å². The van der Waals surface area contributed by atoms with Gasteiger partial charge in [-0.2, -0.15) is 0 Å². The summed E-state index contributed by atoms with van der Waals surface area (Å²) < 4.78 is 0. The van der Waals surface area contributed by atoms with Gasteiger partial charge < -0.3 is 4.98 Å². The Balaban J connectivity index is 1.57. The van der Waals surface area contributed by atoms with Crippen LogP contribution in [0.4, 0.5) is 11.6 Å². The first-order chi connectivity index (χ1) is 13.2. The van der Waals surface area contributed by atoms with E-state index < -0.39 is 5.91 Å². The van der Waals surface area contributed by atoms with Crippen LogP contribution in [0, 0.1) is 0 Å². The molecule has 27 heavy (non-hydrogen) atoms. The number of carbonyl (C=O) groups is 2. The number of hydrazine groups is 1. The van der Waals surface area contributed by atoms with Crippen LogP contribution in [0.25, 0.3) is 10.8 Å². The van der Waals surface area contributed by atoms with Crippen molar-refractivity contribution in [2.45, 2.75) is 0 Å². The second-order valence-electron chi connectivity index (χ2n) is 5.43. The molecule has 4 aromatic rings. The van der Waals surface area contributed by atoms with Gasteiger partial charge in [0.2, 0.25) is 0 Å². The summed E-state index contributed by atoms with van der Waals surface area (Å²) in [7, 11) is 0. The molecule has 7 nitrogen and oxygen atoms in total. The summed E-state index contributed by atoms with van der Waals surface area (Å²) in [6, 6.07) is 14.5. The molecule has 9 heteroatoms. The van der Waals surface area contributed by atoms with Crippen molar-refractivity contribution in [1.82, 2.24) is 10.4 Å². The number of anilines is 1. The summed E-state index contributed by atoms with van der Waals surface area (Å²) >= 11 is 2.67. The van der Waals surface area contributed by atoms with Crippen molar-refractivity contribution in [3.8, 4) is 0 Å². The smallest absolute Gasteiger partial charge is 0.305 e. The Labute approximate surface area is 161 Å². The van der Waals surface area contributed by atoms with Gasteiger partial charge in [-0.15, -0.1) is 32.9 Å². The summed E-state index contributed by atoms with van der Waals surface area (Å²) in [6.45, 7) is 0. The molecule has 0 spiro atoms. The van der Waals surface area contributed by atoms with Gasteiger partial charge >= 0.3 is 5.91 Å². The van der Waals surface area contributed by atoms with Crippen LogP contribution in [0.2, 0.25) is 0 Å². The highest BCUT2D eigenvalue weighted by Crippen LogP contribution is 2.32. The number of hydrogen-bond acceptors (Lipinski definition) is 6. The molecule has 0 fully saturated rings. The number of rotatable bonds is 5. The van der Waals surface area contributed by atoms with Crippen LogP contribution >= 0.6 is 22.7 Å². The lowest BCUT2D eigenvalue weighted by atomic mass is 10.2. The van der Waals surface area contributed by atoms with Crippen molar-refractivity contribution >= 4 is 56.9 Å². The van der Waals surface area contributed by atoms with Gasteiger partial charge in [0, 0.05) is 10.8 Å². The highest BCUT2D eigenvalue weighted by atomic mass is 32.1. The minimum atomic E-state index is -0.399. The zero-order valence-electron chi connectivity index (χ0n) is 13.8. The summed E-state index contributed by atoms with van der Waals surface area (Å²) in [5, 5.41) is 13.1. The summed E-state index contributed by atoms with van der Waals surface area (Å²) in [6.07, 6.45) is 0. The van der Waals surface area contributed by atoms with E-state index in [1.165, 1.54) is 22.7 Å². The molecule has 0 atom stereocenters. The van der Waals surface area contributed by atoms with Crippen LogP contribution in [0.3, 0.4) is 0 Å². The van der Waals surface area contributed by atoms with Gasteiger partial charge in [-0.3, -0.25) is 20.4 Å². The molecule has 1 aromatic carbocycles. The van der Waals surface area contributed by atoms with Crippen molar-refractivity contribution in [3.63, 3.8) is 0 Å². The fourth-order valence-electron chi connectivity index (χ4n) is 2.47. The largest absolute Gasteiger partial charge is 0.323 e. The van der Waals surface area contributed by atoms with Crippen LogP contribution in [0.1, 0.15) is 19.3 Å². The van der Waals surface area contributed by atoms with E-state index in [2.05, 4.69) is 26.1 Å². The number of amides is 2. The molecule has 0 radical (unpaired) electrons. The molecule has 0 aliphatic carbocycles. The molecular formula is C18H13N5O2S2. The first kappa shape index (κ1) is 17.1. The minimum Gasteiger partial charge on any atom is -0.323 e. The number of nitrogens with one attached hydrogen (secondary N) is 3. The molecule has 0 saturated heterocycles. The predicted molar refractivity (Wildman–Crippen MR) is 107 cm³/mol. The van der Waals surface area contributed by atoms with Gasteiger partial charge in [0.1, 0.15) is 5.82 Å². The SMILES string of the molecule is O=C(N=Nc1[nH]c(NNC(=O)c2cccs2)c2ccccc12)c1cccs1. The number of aromatic amines is 1. The van der Waals surface area contributed by atoms with E-state index >= 15 is 0 Å². The normalized spacial score (nSPS) is 11.1. The van der Waals surface area contributed by atoms with Crippen LogP contribution in [0.5, 0.6) is 0 Å². The predicted octanol–water partition coefficient (Wildman–Crippen LogP) is 4.97. The number of H-pyrrole nitrogens is 1. The Bertz CT molecular complexity index is 1110. The summed E-state index contributed by atoms with van der Waals surface area (Å²) in [5.41, 5.74) is 5.53. The maximum atomic E-state index is 12.1. The van der Waals surface area contributed by atoms with Gasteiger partial charge in [0.05, 0.1) is 9.75 Å². The molecule has 3 heterocycles. The number of fused-ring (bicyclic) bond motifs is 1. The third-order valence-electron chi connectivity index (χ3n) is 3.71. The third-order valence-corrected chi connectivity index (χ3v) is 5.44. The number of aromatic nitrogens is 1. The second-order valence-corrected chi connectivity index (χ2v) is 7.33. The lowest BCUT2D eigenvalue weighted by Crippen LogP contribution is -2.28. The highest BCUT2D eigenvalue weighted by Gasteiger charge is 2.12. The molecule has 0 saturated carbocycles. The fourth-order valence-corrected chi connectivity index (χ4v) is 3.69. The van der Waals surface area contributed by atoms with E-state index in [4.69, 9.17) is 0 Å². The van der Waals surface area contributed by atoms with Crippen LogP contribution in [-0.2, 0) is 0 Å². The molecule has 4 rings (SSSR count). The number of nitrogens with zero attached hydrogens (tertiary/aromatic N) is 2. The number of hydrogen-bond donors (Lipinski definition) is 3. The Morgan fingerprint density at radius 1 is 0.889 bits per heavy atom. The molecule has 0 aliphatic rings. The fraction of sp³-hybridized carbons (Fsp3) is 0. The average Bonchev–Trinajstić information content (AvgIpc) is 3.45. The monoisotopic (exact) mass is 395 g/mol. The molecule has 2 amide bonds. The van der Waals surface area contributed by atoms with E-state index in [0.717, 1.165) is 10.8 Å². The van der Waals surface area contributed by atoms with Crippen LogP contribution in [-0.4, -0.2) is 16.8 Å². The first-order valence-electron chi connectivity index (χ1n) is 7.92. The molecule has 0 bridgehead atoms. The van der Waals surface area contributed by atoms with Crippen molar-refractivity contribution in [2.24, 2.45) is 10.2 Å². The number of benzene rings is 1. The quantitative estimate of drug-likeness (QED) is 0.328. The van der Waals surface area contributed by atoms with E-state index in [-0.39, 0.29) is 5.91 Å². The minimum absolute atomic E-state index is 0.236. The molecular weight excluding hydrogens is 382 g/mol. The van der Waals surface area contributed by atoms with Crippen molar-refractivity contribution < 1.29 is 9.59 Å². The van der Waals surface area contributed by atoms with E-state index in [0.29, 0.717) is 21.4 Å². The Morgan fingerprint density at radius 2 is 1.59 bits per heavy atom. The van der Waals surface area contributed by atoms with Gasteiger partial charge in [-0.25, -0.2) is 0 Å². The zero-order chi connectivity index (χ0) is 18.6. The van der Waals surface area contributed by atoms with Crippen LogP contribution in [0.15, 0.2) is 69.5 Å². The zero-order valence-corrected chi connectivity index (χ0v) is 15.4. The van der Waals surface area contributed by atoms with Crippen LogP contribution < -0.4 is 10.9 Å². The Hall–Kier alpha value is -3.30. The first-order valence-corrected chi connectivity index (χ1v) is 9.68. The highest BCUT2D eigenvalue weighted by molar-refractivity contribution is 7.12. The van der Waals surface area contributed by atoms with E-state index in [1.807, 2.05) is 41.1 Å². The molecule has 3 aromatic heterocycles. The van der Waals surface area contributed by atoms with Gasteiger partial charge in [0.15, 0.2) is 5.82 Å². The molecule has 0 aliphatic heterocycles. The number of thiophene rings is 2. The molecule has 134 valence electrons. The molecule has 3 N–H and O–H groups in total. The lowest BCUT2D eigenvalue weighted by Gasteiger charge is -2.05. The van der Waals surface area contributed by atoms with E-state index in [1.54, 1.807) is 18.2 Å². The topological polar surface area (TPSA) is 98.7 Å². The maximum absolute atomic E-state index is 12.1. The molecule has 0 unspecified atom stereocenters. The third kappa shape index (κ3) is 3.64. The van der Waals surface area contributed by atoms with Crippen molar-refractivity contribution in [1.29, 1.82) is 0 Å². The Kier molecular flexibility index (Phi) is 4.77. The summed E-state index contributed by atoms with van der Waals surface area (Å²) in [5.74, 6) is 0.361. The average molecular weight is 395 g/mol. The number of azo groups is 1. The van der Waals surface area contributed by atoms with Crippen molar-refractivity contribution in [2.75, 3.05) is 5.43 Å². The lowest BCUT2D eigenvalue weighted by molar-refractivity contribution is 0.0964.